The third-order valence-electron chi connectivity index (χ3n) is 3.99. The van der Waals surface area contributed by atoms with Gasteiger partial charge in [-0.15, -0.1) is 0 Å². The average molecular weight is 415 g/mol. The lowest BCUT2D eigenvalue weighted by molar-refractivity contribution is 0.371. The third-order valence-corrected chi connectivity index (χ3v) is 5.14. The van der Waals surface area contributed by atoms with Crippen molar-refractivity contribution in [2.24, 2.45) is 0 Å². The summed E-state index contributed by atoms with van der Waals surface area (Å²) in [7, 11) is 1.62. The zero-order valence-corrected chi connectivity index (χ0v) is 18.0. The lowest BCUT2D eigenvalue weighted by Gasteiger charge is -2.19. The van der Waals surface area contributed by atoms with E-state index in [4.69, 9.17) is 26.1 Å². The quantitative estimate of drug-likeness (QED) is 0.339. The molecule has 0 saturated carbocycles. The first-order valence-corrected chi connectivity index (χ1v) is 10.3. The van der Waals surface area contributed by atoms with Crippen molar-refractivity contribution in [1.82, 2.24) is 9.97 Å². The van der Waals surface area contributed by atoms with Crippen LogP contribution in [0.25, 0.3) is 0 Å². The number of aromatic nitrogens is 2. The molecule has 28 heavy (non-hydrogen) atoms. The molecule has 6 heteroatoms. The van der Waals surface area contributed by atoms with Gasteiger partial charge in [0.25, 0.3) is 0 Å². The van der Waals surface area contributed by atoms with Crippen molar-refractivity contribution in [2.75, 3.05) is 7.11 Å². The lowest BCUT2D eigenvalue weighted by Crippen LogP contribution is -2.14. The van der Waals surface area contributed by atoms with Crippen LogP contribution in [0.5, 0.6) is 17.4 Å². The van der Waals surface area contributed by atoms with Gasteiger partial charge in [0.2, 0.25) is 5.88 Å². The second kappa shape index (κ2) is 8.84. The van der Waals surface area contributed by atoms with Gasteiger partial charge in [-0.25, -0.2) is 4.98 Å². The topological polar surface area (TPSA) is 44.2 Å². The molecule has 0 saturated heterocycles. The number of rotatable bonds is 6. The Morgan fingerprint density at radius 2 is 1.71 bits per heavy atom. The first-order valence-electron chi connectivity index (χ1n) is 8.93. The van der Waals surface area contributed by atoms with Crippen molar-refractivity contribution in [2.45, 2.75) is 37.1 Å². The fourth-order valence-corrected chi connectivity index (χ4v) is 3.50. The van der Waals surface area contributed by atoms with Crippen molar-refractivity contribution in [1.29, 1.82) is 0 Å². The minimum atomic E-state index is -0.132. The molecule has 1 heterocycles. The van der Waals surface area contributed by atoms with Crippen molar-refractivity contribution in [3.8, 4) is 17.4 Å². The van der Waals surface area contributed by atoms with E-state index in [0.717, 1.165) is 22.0 Å². The summed E-state index contributed by atoms with van der Waals surface area (Å²) < 4.78 is 11.4. The molecular formula is C22H23ClN2O2S. The highest BCUT2D eigenvalue weighted by Gasteiger charge is 2.19. The van der Waals surface area contributed by atoms with Gasteiger partial charge in [0.05, 0.1) is 12.8 Å². The molecule has 0 amide bonds. The van der Waals surface area contributed by atoms with Gasteiger partial charge >= 0.3 is 0 Å². The molecule has 0 unspecified atom stereocenters. The molecule has 0 bridgehead atoms. The molecule has 1 aromatic heterocycles. The molecule has 0 spiro atoms. The highest BCUT2D eigenvalue weighted by molar-refractivity contribution is 7.98. The van der Waals surface area contributed by atoms with Gasteiger partial charge in [-0.05, 0) is 29.8 Å². The Bertz CT molecular complexity index is 957. The van der Waals surface area contributed by atoms with Gasteiger partial charge in [0.1, 0.15) is 0 Å². The van der Waals surface area contributed by atoms with E-state index >= 15 is 0 Å². The molecule has 0 radical (unpaired) electrons. The van der Waals surface area contributed by atoms with Crippen LogP contribution in [0.2, 0.25) is 5.02 Å². The highest BCUT2D eigenvalue weighted by Crippen LogP contribution is 2.33. The maximum atomic E-state index is 6.08. The van der Waals surface area contributed by atoms with Crippen molar-refractivity contribution < 1.29 is 9.47 Å². The number of halogens is 1. The van der Waals surface area contributed by atoms with Crippen LogP contribution < -0.4 is 9.47 Å². The van der Waals surface area contributed by atoms with E-state index in [1.807, 2.05) is 54.6 Å². The normalized spacial score (nSPS) is 11.3. The maximum Gasteiger partial charge on any atom is 0.223 e. The predicted octanol–water partition coefficient (Wildman–Crippen LogP) is 6.52. The van der Waals surface area contributed by atoms with Crippen LogP contribution in [-0.2, 0) is 11.2 Å². The van der Waals surface area contributed by atoms with Crippen molar-refractivity contribution >= 4 is 23.4 Å². The second-order valence-corrected chi connectivity index (χ2v) is 8.67. The summed E-state index contributed by atoms with van der Waals surface area (Å²) in [4.78, 5) is 9.33. The number of benzene rings is 2. The van der Waals surface area contributed by atoms with Gasteiger partial charge in [-0.3, -0.25) is 0 Å². The van der Waals surface area contributed by atoms with E-state index in [0.29, 0.717) is 22.5 Å². The molecule has 0 fully saturated rings. The Kier molecular flexibility index (Phi) is 6.47. The van der Waals surface area contributed by atoms with Crippen molar-refractivity contribution in [3.63, 3.8) is 0 Å². The summed E-state index contributed by atoms with van der Waals surface area (Å²) in [6.45, 7) is 6.36. The van der Waals surface area contributed by atoms with E-state index in [9.17, 15) is 0 Å². The highest BCUT2D eigenvalue weighted by atomic mass is 35.5. The second-order valence-electron chi connectivity index (χ2n) is 7.30. The number of nitrogens with zero attached hydrogens (tertiary/aromatic N) is 2. The Hall–Kier alpha value is -2.24. The van der Waals surface area contributed by atoms with Gasteiger partial charge in [-0.1, -0.05) is 68.4 Å². The van der Waals surface area contributed by atoms with Gasteiger partial charge < -0.3 is 9.47 Å². The fourth-order valence-electron chi connectivity index (χ4n) is 2.50. The summed E-state index contributed by atoms with van der Waals surface area (Å²) in [5.41, 5.74) is 1.91. The summed E-state index contributed by atoms with van der Waals surface area (Å²) in [5, 5.41) is 1.39. The summed E-state index contributed by atoms with van der Waals surface area (Å²) in [6, 6.07) is 17.2. The Balaban J connectivity index is 1.88. The minimum absolute atomic E-state index is 0.132. The molecule has 0 N–H and O–H groups in total. The minimum Gasteiger partial charge on any atom is -0.493 e. The van der Waals surface area contributed by atoms with E-state index in [-0.39, 0.29) is 5.41 Å². The molecule has 0 aliphatic carbocycles. The number of ether oxygens (including phenoxy) is 2. The fraction of sp³-hybridized carbons (Fsp3) is 0.273. The molecule has 3 rings (SSSR count). The van der Waals surface area contributed by atoms with E-state index in [1.54, 1.807) is 18.9 Å². The number of thioether (sulfide) groups is 1. The first kappa shape index (κ1) is 20.5. The lowest BCUT2D eigenvalue weighted by atomic mass is 9.92. The molecule has 0 atom stereocenters. The summed E-state index contributed by atoms with van der Waals surface area (Å²) in [6.07, 6.45) is 0. The van der Waals surface area contributed by atoms with Crippen LogP contribution >= 0.6 is 23.4 Å². The zero-order valence-electron chi connectivity index (χ0n) is 16.4. The largest absolute Gasteiger partial charge is 0.493 e. The Morgan fingerprint density at radius 1 is 0.964 bits per heavy atom. The van der Waals surface area contributed by atoms with Crippen LogP contribution in [0.4, 0.5) is 0 Å². The molecule has 146 valence electrons. The SMILES string of the molecule is COc1ccccc1Oc1cc(C(C)(C)C)nc(SCc2cccc(Cl)c2)n1. The van der Waals surface area contributed by atoms with Crippen LogP contribution in [0.1, 0.15) is 32.0 Å². The van der Waals surface area contributed by atoms with Gasteiger partial charge in [0.15, 0.2) is 16.7 Å². The van der Waals surface area contributed by atoms with Crippen molar-refractivity contribution in [3.05, 3.63) is 70.9 Å². The standard InChI is InChI=1S/C22H23ClN2O2S/c1-22(2,3)19-13-20(27-18-11-6-5-10-17(18)26-4)25-21(24-19)28-14-15-8-7-9-16(23)12-15/h5-13H,14H2,1-4H3. The molecule has 0 aliphatic heterocycles. The smallest absolute Gasteiger partial charge is 0.223 e. The van der Waals surface area contributed by atoms with Gasteiger partial charge in [-0.2, -0.15) is 4.98 Å². The molecule has 2 aromatic carbocycles. The van der Waals surface area contributed by atoms with Gasteiger partial charge in [0, 0.05) is 22.3 Å². The molecular weight excluding hydrogens is 392 g/mol. The van der Waals surface area contributed by atoms with Crippen LogP contribution in [-0.4, -0.2) is 17.1 Å². The monoisotopic (exact) mass is 414 g/mol. The van der Waals surface area contributed by atoms with Crippen LogP contribution in [0.3, 0.4) is 0 Å². The van der Waals surface area contributed by atoms with E-state index in [2.05, 4.69) is 25.8 Å². The number of hydrogen-bond donors (Lipinski definition) is 0. The number of methoxy groups -OCH3 is 1. The molecule has 4 nitrogen and oxygen atoms in total. The Labute approximate surface area is 175 Å². The van der Waals surface area contributed by atoms with E-state index in [1.165, 1.54) is 0 Å². The number of para-hydroxylation sites is 2. The maximum absolute atomic E-state index is 6.08. The third kappa shape index (κ3) is 5.40. The van der Waals surface area contributed by atoms with E-state index < -0.39 is 0 Å². The Morgan fingerprint density at radius 3 is 2.39 bits per heavy atom. The molecule has 0 aliphatic rings. The summed E-state index contributed by atoms with van der Waals surface area (Å²) in [5.74, 6) is 2.50. The van der Waals surface area contributed by atoms with Crippen LogP contribution in [0, 0.1) is 0 Å². The molecule has 3 aromatic rings. The first-order chi connectivity index (χ1) is 13.3. The van der Waals surface area contributed by atoms with Crippen LogP contribution in [0.15, 0.2) is 59.8 Å². The average Bonchev–Trinajstić information content (AvgIpc) is 2.66. The summed E-state index contributed by atoms with van der Waals surface area (Å²) >= 11 is 7.64. The zero-order chi connectivity index (χ0) is 20.1. The predicted molar refractivity (Wildman–Crippen MR) is 115 cm³/mol. The number of hydrogen-bond acceptors (Lipinski definition) is 5.